The molecule has 0 saturated carbocycles. The Morgan fingerprint density at radius 3 is 2.56 bits per heavy atom. The first-order chi connectivity index (χ1) is 8.55. The Morgan fingerprint density at radius 1 is 1.28 bits per heavy atom. The van der Waals surface area contributed by atoms with Crippen LogP contribution >= 0.6 is 0 Å². The highest BCUT2D eigenvalue weighted by molar-refractivity contribution is 7.89. The van der Waals surface area contributed by atoms with E-state index in [1.165, 1.54) is 4.31 Å². The lowest BCUT2D eigenvalue weighted by Gasteiger charge is -2.30. The quantitative estimate of drug-likeness (QED) is 0.821. The fourth-order valence-corrected chi connectivity index (χ4v) is 3.78. The summed E-state index contributed by atoms with van der Waals surface area (Å²) < 4.78 is 26.2. The molecule has 1 aliphatic heterocycles. The highest BCUT2D eigenvalue weighted by Crippen LogP contribution is 2.25. The minimum Gasteiger partial charge on any atom is -0.207 e. The molecule has 18 heavy (non-hydrogen) atoms. The highest BCUT2D eigenvalue weighted by atomic mass is 32.2. The van der Waals surface area contributed by atoms with Gasteiger partial charge in [0.25, 0.3) is 0 Å². The number of sulfonamides is 1. The van der Waals surface area contributed by atoms with Gasteiger partial charge in [-0.3, -0.25) is 0 Å². The Labute approximate surface area is 108 Å². The van der Waals surface area contributed by atoms with E-state index in [4.69, 9.17) is 5.26 Å². The van der Waals surface area contributed by atoms with Gasteiger partial charge < -0.3 is 0 Å². The lowest BCUT2D eigenvalue weighted by Crippen LogP contribution is -2.42. The maximum absolute atomic E-state index is 12.4. The van der Waals surface area contributed by atoms with Gasteiger partial charge in [-0.05, 0) is 38.3 Å². The van der Waals surface area contributed by atoms with Crippen LogP contribution in [-0.2, 0) is 10.0 Å². The molecule has 0 aliphatic carbocycles. The largest absolute Gasteiger partial charge is 0.244 e. The molecule has 1 aliphatic rings. The van der Waals surface area contributed by atoms with Gasteiger partial charge in [0.05, 0.1) is 11.0 Å². The normalized spacial score (nSPS) is 21.4. The van der Waals surface area contributed by atoms with Crippen molar-refractivity contribution in [2.24, 2.45) is 0 Å². The van der Waals surface area contributed by atoms with Crippen LogP contribution in [0.25, 0.3) is 0 Å². The standard InChI is InChI=1S/C13H16N2O2S/c1-11-5-7-13(8-6-11)18(16,17)15-9-3-2-4-12(15)10-14/h5-8,12H,2-4,9H2,1H3. The van der Waals surface area contributed by atoms with Gasteiger partial charge in [-0.1, -0.05) is 17.7 Å². The van der Waals surface area contributed by atoms with E-state index in [9.17, 15) is 8.42 Å². The highest BCUT2D eigenvalue weighted by Gasteiger charge is 2.33. The summed E-state index contributed by atoms with van der Waals surface area (Å²) in [5, 5.41) is 9.06. The van der Waals surface area contributed by atoms with Gasteiger partial charge >= 0.3 is 0 Å². The Kier molecular flexibility index (Phi) is 3.69. The number of nitriles is 1. The molecule has 0 bridgehead atoms. The first kappa shape index (κ1) is 13.1. The Balaban J connectivity index is 2.35. The van der Waals surface area contributed by atoms with Crippen LogP contribution in [0.2, 0.25) is 0 Å². The van der Waals surface area contributed by atoms with Gasteiger partial charge in [0, 0.05) is 6.54 Å². The van der Waals surface area contributed by atoms with Crippen LogP contribution in [0.3, 0.4) is 0 Å². The molecule has 4 nitrogen and oxygen atoms in total. The first-order valence-electron chi connectivity index (χ1n) is 6.04. The van der Waals surface area contributed by atoms with Gasteiger partial charge in [-0.15, -0.1) is 0 Å². The summed E-state index contributed by atoms with van der Waals surface area (Å²) in [5.74, 6) is 0. The van der Waals surface area contributed by atoms with Crippen molar-refractivity contribution >= 4 is 10.0 Å². The number of benzene rings is 1. The van der Waals surface area contributed by atoms with Gasteiger partial charge in [0.1, 0.15) is 6.04 Å². The van der Waals surface area contributed by atoms with E-state index in [-0.39, 0.29) is 4.90 Å². The third-order valence-corrected chi connectivity index (χ3v) is 5.15. The molecule has 1 aromatic carbocycles. The molecule has 2 rings (SSSR count). The van der Waals surface area contributed by atoms with Crippen molar-refractivity contribution in [3.05, 3.63) is 29.8 Å². The average Bonchev–Trinajstić information content (AvgIpc) is 2.39. The van der Waals surface area contributed by atoms with E-state index in [2.05, 4.69) is 6.07 Å². The number of hydrogen-bond acceptors (Lipinski definition) is 3. The third kappa shape index (κ3) is 2.40. The molecule has 1 atom stereocenters. The van der Waals surface area contributed by atoms with E-state index in [0.29, 0.717) is 13.0 Å². The van der Waals surface area contributed by atoms with E-state index in [1.807, 2.05) is 6.92 Å². The van der Waals surface area contributed by atoms with Crippen LogP contribution in [-0.4, -0.2) is 25.3 Å². The van der Waals surface area contributed by atoms with Crippen molar-refractivity contribution in [2.75, 3.05) is 6.54 Å². The van der Waals surface area contributed by atoms with Crippen molar-refractivity contribution < 1.29 is 8.42 Å². The van der Waals surface area contributed by atoms with Crippen LogP contribution in [0, 0.1) is 18.3 Å². The van der Waals surface area contributed by atoms with Crippen molar-refractivity contribution in [3.63, 3.8) is 0 Å². The number of hydrogen-bond donors (Lipinski definition) is 0. The van der Waals surface area contributed by atoms with Crippen molar-refractivity contribution in [1.29, 1.82) is 5.26 Å². The van der Waals surface area contributed by atoms with Crippen LogP contribution in [0.4, 0.5) is 0 Å². The molecule has 1 saturated heterocycles. The second-order valence-corrected chi connectivity index (χ2v) is 6.46. The summed E-state index contributed by atoms with van der Waals surface area (Å²) in [5.41, 5.74) is 1.02. The molecule has 1 unspecified atom stereocenters. The lowest BCUT2D eigenvalue weighted by molar-refractivity contribution is 0.297. The number of nitrogens with zero attached hydrogens (tertiary/aromatic N) is 2. The average molecular weight is 264 g/mol. The zero-order valence-corrected chi connectivity index (χ0v) is 11.2. The fourth-order valence-electron chi connectivity index (χ4n) is 2.17. The molecule has 1 fully saturated rings. The van der Waals surface area contributed by atoms with Crippen LogP contribution < -0.4 is 0 Å². The predicted molar refractivity (Wildman–Crippen MR) is 68.3 cm³/mol. The maximum atomic E-state index is 12.4. The van der Waals surface area contributed by atoms with Crippen LogP contribution in [0.1, 0.15) is 24.8 Å². The Morgan fingerprint density at radius 2 is 1.94 bits per heavy atom. The van der Waals surface area contributed by atoms with E-state index < -0.39 is 16.1 Å². The van der Waals surface area contributed by atoms with Crippen molar-refractivity contribution in [3.8, 4) is 6.07 Å². The molecule has 96 valence electrons. The topological polar surface area (TPSA) is 61.2 Å². The Bertz CT molecular complexity index is 558. The molecule has 1 aromatic rings. The molecule has 1 heterocycles. The van der Waals surface area contributed by atoms with Crippen molar-refractivity contribution in [2.45, 2.75) is 37.1 Å². The van der Waals surface area contributed by atoms with E-state index >= 15 is 0 Å². The molecule has 5 heteroatoms. The molecular weight excluding hydrogens is 248 g/mol. The molecular formula is C13H16N2O2S. The summed E-state index contributed by atoms with van der Waals surface area (Å²) in [6, 6.07) is 8.33. The summed E-state index contributed by atoms with van der Waals surface area (Å²) in [4.78, 5) is 0.273. The number of piperidine rings is 1. The van der Waals surface area contributed by atoms with Crippen LogP contribution in [0.5, 0.6) is 0 Å². The zero-order valence-electron chi connectivity index (χ0n) is 10.3. The minimum absolute atomic E-state index is 0.273. The molecule has 0 amide bonds. The second-order valence-electron chi connectivity index (χ2n) is 4.57. The van der Waals surface area contributed by atoms with Gasteiger partial charge in [0.2, 0.25) is 10.0 Å². The molecule has 0 radical (unpaired) electrons. The Hall–Kier alpha value is -1.38. The summed E-state index contributed by atoms with van der Waals surface area (Å²) in [6.45, 7) is 2.35. The third-order valence-electron chi connectivity index (χ3n) is 3.23. The summed E-state index contributed by atoms with van der Waals surface area (Å²) >= 11 is 0. The van der Waals surface area contributed by atoms with Gasteiger partial charge in [0.15, 0.2) is 0 Å². The van der Waals surface area contributed by atoms with E-state index in [0.717, 1.165) is 18.4 Å². The van der Waals surface area contributed by atoms with Crippen LogP contribution in [0.15, 0.2) is 29.2 Å². The van der Waals surface area contributed by atoms with E-state index in [1.54, 1.807) is 24.3 Å². The number of aryl methyl sites for hydroxylation is 1. The first-order valence-corrected chi connectivity index (χ1v) is 7.48. The van der Waals surface area contributed by atoms with Gasteiger partial charge in [-0.25, -0.2) is 8.42 Å². The molecule has 0 N–H and O–H groups in total. The van der Waals surface area contributed by atoms with Gasteiger partial charge in [-0.2, -0.15) is 9.57 Å². The molecule has 0 aromatic heterocycles. The predicted octanol–water partition coefficient (Wildman–Crippen LogP) is 2.06. The summed E-state index contributed by atoms with van der Waals surface area (Å²) in [7, 11) is -3.53. The zero-order chi connectivity index (χ0) is 13.2. The monoisotopic (exact) mass is 264 g/mol. The second kappa shape index (κ2) is 5.09. The maximum Gasteiger partial charge on any atom is 0.244 e. The SMILES string of the molecule is Cc1ccc(S(=O)(=O)N2CCCCC2C#N)cc1. The molecule has 0 spiro atoms. The van der Waals surface area contributed by atoms with Crippen molar-refractivity contribution in [1.82, 2.24) is 4.31 Å². The minimum atomic E-state index is -3.53. The smallest absolute Gasteiger partial charge is 0.207 e. The number of rotatable bonds is 2. The fraction of sp³-hybridized carbons (Fsp3) is 0.462. The summed E-state index contributed by atoms with van der Waals surface area (Å²) in [6.07, 6.45) is 2.36. The lowest BCUT2D eigenvalue weighted by atomic mass is 10.1.